The van der Waals surface area contributed by atoms with E-state index in [1.165, 1.54) is 23.8 Å². The van der Waals surface area contributed by atoms with E-state index in [9.17, 15) is 39.3 Å². The molecule has 0 spiro atoms. The molecule has 366 valence electrons. The van der Waals surface area contributed by atoms with Crippen LogP contribution in [0.15, 0.2) is 47.6 Å². The third-order valence-electron chi connectivity index (χ3n) is 14.1. The fourth-order valence-electron chi connectivity index (χ4n) is 9.74. The summed E-state index contributed by atoms with van der Waals surface area (Å²) in [6.45, 7) is 12.7. The Hall–Kier alpha value is -3.02. The average molecular weight is 932 g/mol. The number of fused-ring (bicyclic) bond motifs is 3. The number of hydrogen-bond donors (Lipinski definition) is 3. The van der Waals surface area contributed by atoms with Gasteiger partial charge in [0.2, 0.25) is 5.79 Å². The van der Waals surface area contributed by atoms with Crippen LogP contribution in [0, 0.1) is 35.5 Å². The van der Waals surface area contributed by atoms with E-state index in [4.69, 9.17) is 23.7 Å². The number of ether oxygens (including phenoxy) is 5. The molecule has 1 saturated carbocycles. The van der Waals surface area contributed by atoms with Crippen LogP contribution in [0.5, 0.6) is 0 Å². The lowest BCUT2D eigenvalue weighted by atomic mass is 9.78. The summed E-state index contributed by atoms with van der Waals surface area (Å²) in [6, 6.07) is -1.18. The van der Waals surface area contributed by atoms with Crippen LogP contribution >= 0.6 is 11.8 Å². The van der Waals surface area contributed by atoms with E-state index in [0.29, 0.717) is 56.3 Å². The second-order valence-electron chi connectivity index (χ2n) is 19.2. The van der Waals surface area contributed by atoms with E-state index < -0.39 is 83.9 Å². The molecule has 3 N–H and O–H groups in total. The van der Waals surface area contributed by atoms with Crippen molar-refractivity contribution in [1.82, 2.24) is 4.90 Å². The van der Waals surface area contributed by atoms with E-state index in [-0.39, 0.29) is 54.1 Å². The van der Waals surface area contributed by atoms with Crippen LogP contribution in [0.3, 0.4) is 0 Å². The first kappa shape index (κ1) is 54.6. The van der Waals surface area contributed by atoms with Crippen LogP contribution in [-0.2, 0) is 47.7 Å². The first-order valence-electron chi connectivity index (χ1n) is 23.5. The number of esters is 1. The zero-order valence-electron chi connectivity index (χ0n) is 40.3. The molecule has 1 aliphatic carbocycles. The number of ketones is 3. The Morgan fingerprint density at radius 3 is 2.29 bits per heavy atom. The SMILES string of the molecule is COC1C[C@@H]2CC[C@@H](C)[C@@](O)(O2)C(=O)C(=O)N2CCSC[C@H]2C(=O)O[C@H]([C@H](C)C[C@@H]2CC[C@@H](O)[C@H](OC)C2)CC(=O)[C@H](C)/C=C(\C)[C@@H](O)C(OC)C(=O)[C@H](C)C[C@H](C)/C=C/C=C/C=C/1C. The van der Waals surface area contributed by atoms with E-state index in [1.807, 2.05) is 58.1 Å². The summed E-state index contributed by atoms with van der Waals surface area (Å²) in [5.74, 6) is -7.46. The number of thioether (sulfide) groups is 1. The smallest absolute Gasteiger partial charge is 0.330 e. The molecule has 15 atom stereocenters. The minimum absolute atomic E-state index is 0.0182. The Labute approximate surface area is 390 Å². The number of amides is 1. The fraction of sp³-hybridized carbons (Fsp3) is 0.740. The van der Waals surface area contributed by atoms with Gasteiger partial charge in [0.05, 0.1) is 24.4 Å². The van der Waals surface area contributed by atoms with Gasteiger partial charge < -0.3 is 43.9 Å². The lowest BCUT2D eigenvalue weighted by Gasteiger charge is -2.42. The quantitative estimate of drug-likeness (QED) is 0.166. The van der Waals surface area contributed by atoms with Crippen LogP contribution in [-0.4, -0.2) is 143 Å². The molecule has 15 heteroatoms. The van der Waals surface area contributed by atoms with Crippen molar-refractivity contribution in [2.24, 2.45) is 35.5 Å². The molecule has 0 aromatic rings. The van der Waals surface area contributed by atoms with E-state index in [2.05, 4.69) is 0 Å². The van der Waals surface area contributed by atoms with Crippen LogP contribution in [0.25, 0.3) is 0 Å². The number of Topliss-reactive ketones (excluding diaryl/α,β-unsaturated/α-hetero) is 3. The van der Waals surface area contributed by atoms with Crippen molar-refractivity contribution >= 4 is 41.0 Å². The van der Waals surface area contributed by atoms with E-state index in [1.54, 1.807) is 41.1 Å². The molecule has 3 fully saturated rings. The van der Waals surface area contributed by atoms with Crippen molar-refractivity contribution in [3.63, 3.8) is 0 Å². The fourth-order valence-corrected chi connectivity index (χ4v) is 10.8. The highest BCUT2D eigenvalue weighted by molar-refractivity contribution is 7.99. The minimum Gasteiger partial charge on any atom is -0.460 e. The van der Waals surface area contributed by atoms with Crippen molar-refractivity contribution in [1.29, 1.82) is 0 Å². The molecule has 4 rings (SSSR count). The summed E-state index contributed by atoms with van der Waals surface area (Å²) in [5, 5.41) is 33.8. The van der Waals surface area contributed by atoms with Crippen molar-refractivity contribution in [2.75, 3.05) is 39.4 Å². The molecular weight excluding hydrogens is 855 g/mol. The Morgan fingerprint density at radius 1 is 0.892 bits per heavy atom. The number of carbonyl (C=O) groups excluding carboxylic acids is 5. The number of hydrogen-bond acceptors (Lipinski definition) is 14. The van der Waals surface area contributed by atoms with Crippen LogP contribution < -0.4 is 0 Å². The van der Waals surface area contributed by atoms with Gasteiger partial charge >= 0.3 is 5.97 Å². The first-order valence-corrected chi connectivity index (χ1v) is 24.7. The maximum absolute atomic E-state index is 14.3. The predicted octanol–water partition coefficient (Wildman–Crippen LogP) is 5.74. The molecule has 14 nitrogen and oxygen atoms in total. The molecule has 2 bridgehead atoms. The Kier molecular flexibility index (Phi) is 21.3. The van der Waals surface area contributed by atoms with Gasteiger partial charge in [0.1, 0.15) is 30.1 Å². The number of carbonyl (C=O) groups is 5. The highest BCUT2D eigenvalue weighted by atomic mass is 32.2. The zero-order chi connectivity index (χ0) is 48.2. The van der Waals surface area contributed by atoms with E-state index in [0.717, 1.165) is 12.0 Å². The largest absolute Gasteiger partial charge is 0.460 e. The number of cyclic esters (lactones) is 1. The molecule has 0 aromatic carbocycles. The van der Waals surface area contributed by atoms with Crippen LogP contribution in [0.4, 0.5) is 0 Å². The summed E-state index contributed by atoms with van der Waals surface area (Å²) in [6.07, 6.45) is 9.78. The van der Waals surface area contributed by atoms with Gasteiger partial charge in [-0.1, -0.05) is 71.1 Å². The van der Waals surface area contributed by atoms with Crippen molar-refractivity contribution in [2.45, 2.75) is 161 Å². The minimum atomic E-state index is -2.43. The van der Waals surface area contributed by atoms with Gasteiger partial charge in [0.15, 0.2) is 5.78 Å². The summed E-state index contributed by atoms with van der Waals surface area (Å²) in [5.41, 5.74) is 1.26. The molecule has 2 saturated heterocycles. The maximum atomic E-state index is 14.3. The lowest BCUT2D eigenvalue weighted by Crippen LogP contribution is -2.61. The van der Waals surface area contributed by atoms with Gasteiger partial charge in [-0.2, -0.15) is 11.8 Å². The molecule has 3 heterocycles. The molecule has 2 unspecified atom stereocenters. The van der Waals surface area contributed by atoms with Gasteiger partial charge in [-0.05, 0) is 87.7 Å². The number of rotatable bonds is 6. The van der Waals surface area contributed by atoms with Crippen molar-refractivity contribution < 1.29 is 63.0 Å². The average Bonchev–Trinajstić information content (AvgIpc) is 3.28. The van der Waals surface area contributed by atoms with Crippen molar-refractivity contribution in [3.8, 4) is 0 Å². The van der Waals surface area contributed by atoms with E-state index >= 15 is 0 Å². The standard InChI is InChI=1S/C50H77NO13S/c1-29-14-12-11-13-15-30(2)41(60-8)26-37-18-16-35(7)50(59,64-37)47(56)48(57)51-20-21-65-28-38(51)49(58)63-42(32(4)24-36-17-19-39(52)43(25-36)61-9)27-40(53)31(3)23-34(6)45(55)46(62-10)44(54)33(5)22-29/h11-15,23,29,31-33,35-39,41-43,45-46,52,55,59H,16-22,24-28H2,1-10H3/b13-11+,14-12+,30-15+,34-23+/t29-,31-,32-,33-,35-,36+,37+,38+,39-,41?,42+,43-,45-,46?,50-/m1/s1. The molecule has 0 radical (unpaired) electrons. The molecule has 0 aromatic heterocycles. The topological polar surface area (TPSA) is 195 Å². The summed E-state index contributed by atoms with van der Waals surface area (Å²) < 4.78 is 29.3. The normalized spacial score (nSPS) is 40.4. The third-order valence-corrected chi connectivity index (χ3v) is 15.1. The Balaban J connectivity index is 1.70. The lowest BCUT2D eigenvalue weighted by molar-refractivity contribution is -0.265. The van der Waals surface area contributed by atoms with Gasteiger partial charge in [-0.25, -0.2) is 4.79 Å². The monoisotopic (exact) mass is 932 g/mol. The van der Waals surface area contributed by atoms with Gasteiger partial charge in [-0.3, -0.25) is 19.2 Å². The number of aliphatic hydroxyl groups excluding tert-OH is 2. The number of nitrogens with zero attached hydrogens (tertiary/aromatic N) is 1. The second-order valence-corrected chi connectivity index (χ2v) is 20.3. The molecule has 65 heavy (non-hydrogen) atoms. The number of methoxy groups -OCH3 is 3. The molecule has 4 aliphatic rings. The zero-order valence-corrected chi connectivity index (χ0v) is 41.1. The van der Waals surface area contributed by atoms with Gasteiger partial charge in [-0.15, -0.1) is 0 Å². The molecule has 3 aliphatic heterocycles. The van der Waals surface area contributed by atoms with Gasteiger partial charge in [0.25, 0.3) is 11.7 Å². The van der Waals surface area contributed by atoms with Crippen LogP contribution in [0.2, 0.25) is 0 Å². The second kappa shape index (κ2) is 25.4. The third kappa shape index (κ3) is 14.5. The summed E-state index contributed by atoms with van der Waals surface area (Å²) in [4.78, 5) is 71.7. The highest BCUT2D eigenvalue weighted by Crippen LogP contribution is 2.37. The van der Waals surface area contributed by atoms with Gasteiger partial charge in [0, 0.05) is 70.0 Å². The summed E-state index contributed by atoms with van der Waals surface area (Å²) >= 11 is 1.43. The Morgan fingerprint density at radius 2 is 1.62 bits per heavy atom. The Bertz CT molecular complexity index is 1760. The number of allylic oxidation sites excluding steroid dienone is 6. The number of aliphatic hydroxyl groups is 3. The maximum Gasteiger partial charge on any atom is 0.330 e. The molecular formula is C50H77NO13S. The predicted molar refractivity (Wildman–Crippen MR) is 249 cm³/mol. The van der Waals surface area contributed by atoms with Crippen LogP contribution in [0.1, 0.15) is 106 Å². The molecule has 1 amide bonds. The van der Waals surface area contributed by atoms with Crippen molar-refractivity contribution in [3.05, 3.63) is 47.6 Å². The summed E-state index contributed by atoms with van der Waals surface area (Å²) in [7, 11) is 4.51. The highest BCUT2D eigenvalue weighted by Gasteiger charge is 2.53. The first-order chi connectivity index (χ1) is 30.7.